The molecule has 3 rings (SSSR count). The molecule has 0 aliphatic rings. The lowest BCUT2D eigenvalue weighted by atomic mass is 9.95. The molecule has 0 bridgehead atoms. The molecule has 0 radical (unpaired) electrons. The Kier molecular flexibility index (Phi) is 4.06. The fourth-order valence-corrected chi connectivity index (χ4v) is 2.65. The Morgan fingerprint density at radius 1 is 0.826 bits per heavy atom. The maximum atomic E-state index is 11.8. The Hall–Kier alpha value is -3.14. The molecular weight excluding hydrogens is 288 g/mol. The highest BCUT2D eigenvalue weighted by molar-refractivity contribution is 5.89. The zero-order valence-electron chi connectivity index (χ0n) is 12.7. The van der Waals surface area contributed by atoms with Gasteiger partial charge in [0.1, 0.15) is 0 Å². The highest BCUT2D eigenvalue weighted by Crippen LogP contribution is 2.41. The van der Waals surface area contributed by atoms with E-state index in [9.17, 15) is 10.1 Å². The van der Waals surface area contributed by atoms with E-state index in [0.29, 0.717) is 11.1 Å². The summed E-state index contributed by atoms with van der Waals surface area (Å²) in [5.74, 6) is 0. The van der Waals surface area contributed by atoms with Crippen LogP contribution in [0.15, 0.2) is 72.8 Å². The van der Waals surface area contributed by atoms with Crippen LogP contribution in [-0.4, -0.2) is 12.0 Å². The van der Waals surface area contributed by atoms with Crippen LogP contribution in [0.5, 0.6) is 0 Å². The fraction of sp³-hybridized carbons (Fsp3) is 0.0526. The molecule has 0 aliphatic carbocycles. The summed E-state index contributed by atoms with van der Waals surface area (Å²) in [6.45, 7) is 0. The number of benzene rings is 3. The molecule has 0 saturated carbocycles. The van der Waals surface area contributed by atoms with Gasteiger partial charge in [-0.2, -0.15) is 0 Å². The normalized spacial score (nSPS) is 10.3. The van der Waals surface area contributed by atoms with Crippen LogP contribution >= 0.6 is 0 Å². The molecular formula is C19H16N2O2. The average Bonchev–Trinajstić information content (AvgIpc) is 2.62. The number of anilines is 1. The Balaban J connectivity index is 2.33. The third-order valence-corrected chi connectivity index (χ3v) is 3.75. The molecule has 3 aromatic rings. The highest BCUT2D eigenvalue weighted by atomic mass is 16.6. The number of nitrogens with zero attached hydrogens (tertiary/aromatic N) is 1. The number of nitro groups is 1. The van der Waals surface area contributed by atoms with Crippen molar-refractivity contribution in [2.24, 2.45) is 0 Å². The Morgan fingerprint density at radius 2 is 1.26 bits per heavy atom. The number of nitro benzene ring substituents is 1. The van der Waals surface area contributed by atoms with Crippen LogP contribution in [0.2, 0.25) is 0 Å². The van der Waals surface area contributed by atoms with Crippen molar-refractivity contribution in [2.75, 3.05) is 12.4 Å². The third-order valence-electron chi connectivity index (χ3n) is 3.75. The van der Waals surface area contributed by atoms with Gasteiger partial charge in [0.25, 0.3) is 5.69 Å². The minimum atomic E-state index is -0.301. The summed E-state index contributed by atoms with van der Waals surface area (Å²) in [4.78, 5) is 11.5. The van der Waals surface area contributed by atoms with Crippen LogP contribution in [0.1, 0.15) is 0 Å². The maximum Gasteiger partial charge on any atom is 0.285 e. The second-order valence-electron chi connectivity index (χ2n) is 5.16. The van der Waals surface area contributed by atoms with Crippen molar-refractivity contribution in [3.05, 3.63) is 82.9 Å². The minimum Gasteiger partial charge on any atom is -0.388 e. The molecule has 1 N–H and O–H groups in total. The number of rotatable bonds is 4. The third kappa shape index (κ3) is 2.92. The second-order valence-corrected chi connectivity index (χ2v) is 5.16. The van der Waals surface area contributed by atoms with E-state index in [1.165, 1.54) is 0 Å². The molecule has 3 aromatic carbocycles. The fourth-order valence-electron chi connectivity index (χ4n) is 2.65. The first kappa shape index (κ1) is 14.8. The van der Waals surface area contributed by atoms with Gasteiger partial charge in [0.15, 0.2) is 0 Å². The quantitative estimate of drug-likeness (QED) is 0.547. The molecule has 0 amide bonds. The highest BCUT2D eigenvalue weighted by Gasteiger charge is 2.23. The summed E-state index contributed by atoms with van der Waals surface area (Å²) in [6.07, 6.45) is 0. The van der Waals surface area contributed by atoms with E-state index in [2.05, 4.69) is 5.32 Å². The molecule has 0 aliphatic heterocycles. The molecule has 0 unspecified atom stereocenters. The first-order valence-corrected chi connectivity index (χ1v) is 7.31. The van der Waals surface area contributed by atoms with E-state index in [1.54, 1.807) is 0 Å². The van der Waals surface area contributed by atoms with Gasteiger partial charge in [-0.3, -0.25) is 10.1 Å². The summed E-state index contributed by atoms with van der Waals surface area (Å²) in [5, 5.41) is 14.9. The van der Waals surface area contributed by atoms with E-state index in [1.807, 2.05) is 79.8 Å². The molecule has 0 saturated heterocycles. The maximum absolute atomic E-state index is 11.8. The zero-order chi connectivity index (χ0) is 16.2. The summed E-state index contributed by atoms with van der Waals surface area (Å²) in [5.41, 5.74) is 3.85. The van der Waals surface area contributed by atoms with Crippen molar-refractivity contribution < 1.29 is 4.92 Å². The van der Waals surface area contributed by atoms with E-state index in [4.69, 9.17) is 0 Å². The number of hydrogen-bond acceptors (Lipinski definition) is 3. The van der Waals surface area contributed by atoms with Crippen LogP contribution in [-0.2, 0) is 0 Å². The minimum absolute atomic E-state index is 0.126. The Bertz CT molecular complexity index is 770. The SMILES string of the molecule is CNc1cc(-c2ccccc2)c([N+](=O)[O-])c(-c2ccccc2)c1. The van der Waals surface area contributed by atoms with Crippen molar-refractivity contribution in [2.45, 2.75) is 0 Å². The number of hydrogen-bond donors (Lipinski definition) is 1. The predicted molar refractivity (Wildman–Crippen MR) is 93.5 cm³/mol. The topological polar surface area (TPSA) is 55.2 Å². The van der Waals surface area contributed by atoms with E-state index in [0.717, 1.165) is 16.8 Å². The molecule has 0 fully saturated rings. The molecule has 0 atom stereocenters. The Labute approximate surface area is 134 Å². The van der Waals surface area contributed by atoms with Gasteiger partial charge in [-0.05, 0) is 23.3 Å². The molecule has 114 valence electrons. The molecule has 4 nitrogen and oxygen atoms in total. The summed E-state index contributed by atoms with van der Waals surface area (Å²) >= 11 is 0. The molecule has 0 aromatic heterocycles. The lowest BCUT2D eigenvalue weighted by Crippen LogP contribution is -1.98. The van der Waals surface area contributed by atoms with Gasteiger partial charge in [0, 0.05) is 12.7 Å². The van der Waals surface area contributed by atoms with Crippen LogP contribution in [0.25, 0.3) is 22.3 Å². The van der Waals surface area contributed by atoms with Crippen molar-refractivity contribution in [3.8, 4) is 22.3 Å². The smallest absolute Gasteiger partial charge is 0.285 e. The van der Waals surface area contributed by atoms with Gasteiger partial charge >= 0.3 is 0 Å². The van der Waals surface area contributed by atoms with Gasteiger partial charge in [0.05, 0.1) is 16.1 Å². The van der Waals surface area contributed by atoms with E-state index in [-0.39, 0.29) is 10.6 Å². The van der Waals surface area contributed by atoms with Crippen molar-refractivity contribution in [1.82, 2.24) is 0 Å². The number of nitrogens with one attached hydrogen (secondary N) is 1. The lowest BCUT2D eigenvalue weighted by molar-refractivity contribution is -0.383. The first-order chi connectivity index (χ1) is 11.2. The van der Waals surface area contributed by atoms with Gasteiger partial charge in [-0.15, -0.1) is 0 Å². The first-order valence-electron chi connectivity index (χ1n) is 7.31. The van der Waals surface area contributed by atoms with Crippen molar-refractivity contribution in [1.29, 1.82) is 0 Å². The van der Waals surface area contributed by atoms with Crippen LogP contribution in [0.4, 0.5) is 11.4 Å². The predicted octanol–water partition coefficient (Wildman–Crippen LogP) is 4.97. The van der Waals surface area contributed by atoms with Gasteiger partial charge in [0.2, 0.25) is 0 Å². The van der Waals surface area contributed by atoms with Gasteiger partial charge in [-0.1, -0.05) is 60.7 Å². The summed E-state index contributed by atoms with van der Waals surface area (Å²) in [7, 11) is 1.81. The van der Waals surface area contributed by atoms with Crippen molar-refractivity contribution in [3.63, 3.8) is 0 Å². The van der Waals surface area contributed by atoms with Crippen LogP contribution in [0, 0.1) is 10.1 Å². The summed E-state index contributed by atoms with van der Waals surface area (Å²) in [6, 6.07) is 22.5. The lowest BCUT2D eigenvalue weighted by Gasteiger charge is -2.12. The zero-order valence-corrected chi connectivity index (χ0v) is 12.7. The van der Waals surface area contributed by atoms with E-state index >= 15 is 0 Å². The van der Waals surface area contributed by atoms with E-state index < -0.39 is 0 Å². The van der Waals surface area contributed by atoms with Crippen LogP contribution < -0.4 is 5.32 Å². The standard InChI is InChI=1S/C19H16N2O2/c1-20-16-12-17(14-8-4-2-5-9-14)19(21(22)23)18(13-16)15-10-6-3-7-11-15/h2-13,20H,1H3. The van der Waals surface area contributed by atoms with Gasteiger partial charge in [-0.25, -0.2) is 0 Å². The molecule has 23 heavy (non-hydrogen) atoms. The molecule has 0 spiro atoms. The molecule has 4 heteroatoms. The van der Waals surface area contributed by atoms with Crippen molar-refractivity contribution >= 4 is 11.4 Å². The molecule has 0 heterocycles. The Morgan fingerprint density at radius 3 is 1.61 bits per heavy atom. The average molecular weight is 304 g/mol. The summed E-state index contributed by atoms with van der Waals surface area (Å²) < 4.78 is 0. The second kappa shape index (κ2) is 6.32. The van der Waals surface area contributed by atoms with Crippen LogP contribution in [0.3, 0.4) is 0 Å². The largest absolute Gasteiger partial charge is 0.388 e. The van der Waals surface area contributed by atoms with Gasteiger partial charge < -0.3 is 5.32 Å². The monoisotopic (exact) mass is 304 g/mol.